The Balaban J connectivity index is 0.00000225. The molecule has 7 rings (SSSR count). The first-order valence-electron chi connectivity index (χ1n) is 14.5. The van der Waals surface area contributed by atoms with Gasteiger partial charge in [0.15, 0.2) is 35.6 Å². The number of carbonyl (C=O) groups excluding carboxylic acids is 1. The Kier molecular flexibility index (Phi) is 11.7. The summed E-state index contributed by atoms with van der Waals surface area (Å²) in [6, 6.07) is 6.32. The van der Waals surface area contributed by atoms with Gasteiger partial charge in [-0.2, -0.15) is 0 Å². The van der Waals surface area contributed by atoms with E-state index < -0.39 is 80.4 Å². The van der Waals surface area contributed by atoms with Crippen LogP contribution in [0.1, 0.15) is 35.6 Å². The molecular weight excluding hydrogens is 681 g/mol. The van der Waals surface area contributed by atoms with Gasteiger partial charge in [-0.1, -0.05) is 0 Å². The fraction of sp³-hybridized carbons (Fsp3) is 0.552. The normalized spacial score (nSPS) is 33.2. The summed E-state index contributed by atoms with van der Waals surface area (Å²) in [7, 11) is -2.99. The molecule has 5 aliphatic rings. The predicted molar refractivity (Wildman–Crippen MR) is 145 cm³/mol. The Morgan fingerprint density at radius 2 is 1.54 bits per heavy atom. The van der Waals surface area contributed by atoms with Crippen molar-refractivity contribution in [2.45, 2.75) is 55.9 Å². The minimum absolute atomic E-state index is 0. The van der Waals surface area contributed by atoms with Gasteiger partial charge in [-0.15, -0.1) is 0 Å². The minimum atomic E-state index is -5.50. The van der Waals surface area contributed by atoms with E-state index in [1.807, 2.05) is 0 Å². The van der Waals surface area contributed by atoms with Crippen LogP contribution in [0.15, 0.2) is 24.3 Å². The topological polar surface area (TPSA) is 213 Å². The third-order valence-corrected chi connectivity index (χ3v) is 9.34. The van der Waals surface area contributed by atoms with E-state index in [0.717, 1.165) is 0 Å². The first kappa shape index (κ1) is 38.1. The van der Waals surface area contributed by atoms with Crippen LogP contribution in [0.2, 0.25) is 0 Å². The number of hydrogen-bond donors (Lipinski definition) is 2. The molecule has 4 aliphatic heterocycles. The molecule has 0 amide bonds. The number of hydrogen-bond acceptors (Lipinski definition) is 16. The molecule has 4 heterocycles. The number of aliphatic hydroxyl groups excluding tert-OH is 2. The van der Waals surface area contributed by atoms with Gasteiger partial charge < -0.3 is 71.7 Å². The van der Waals surface area contributed by atoms with Gasteiger partial charge in [-0.25, -0.2) is 0 Å². The zero-order chi connectivity index (χ0) is 32.5. The van der Waals surface area contributed by atoms with Gasteiger partial charge in [0, 0.05) is 11.8 Å². The smallest absolute Gasteiger partial charge is 0.780 e. The summed E-state index contributed by atoms with van der Waals surface area (Å²) in [6.07, 6.45) is -7.25. The number of rotatable bonds is 7. The van der Waals surface area contributed by atoms with E-state index in [4.69, 9.17) is 42.6 Å². The zero-order valence-electron chi connectivity index (χ0n) is 26.8. The predicted octanol–water partition coefficient (Wildman–Crippen LogP) is -6.15. The van der Waals surface area contributed by atoms with Crippen molar-refractivity contribution < 1.29 is 136 Å². The molecule has 0 radical (unpaired) electrons. The molecule has 16 nitrogen and oxygen atoms in total. The number of aliphatic hydroxyl groups is 2. The average Bonchev–Trinajstić information content (AvgIpc) is 3.64. The number of phosphoric ester groups is 1. The minimum Gasteiger partial charge on any atom is -0.780 e. The average molecular weight is 713 g/mol. The van der Waals surface area contributed by atoms with Gasteiger partial charge in [-0.05, 0) is 47.9 Å². The molecular formula is C29H31Na2O16P. The molecule has 2 aromatic carbocycles. The Labute approximate surface area is 319 Å². The van der Waals surface area contributed by atoms with Crippen LogP contribution >= 0.6 is 7.82 Å². The van der Waals surface area contributed by atoms with E-state index in [9.17, 15) is 29.4 Å². The van der Waals surface area contributed by atoms with E-state index in [1.54, 1.807) is 19.1 Å². The van der Waals surface area contributed by atoms with Crippen molar-refractivity contribution in [3.8, 4) is 28.7 Å². The summed E-state index contributed by atoms with van der Waals surface area (Å²) in [4.78, 5) is 36.5. The Morgan fingerprint density at radius 3 is 2.17 bits per heavy atom. The number of cyclic esters (lactones) is 1. The van der Waals surface area contributed by atoms with Crippen molar-refractivity contribution >= 4 is 13.8 Å². The maximum absolute atomic E-state index is 13.5. The van der Waals surface area contributed by atoms with Crippen LogP contribution in [-0.2, 0) is 33.0 Å². The summed E-state index contributed by atoms with van der Waals surface area (Å²) >= 11 is 0. The molecule has 2 aromatic rings. The van der Waals surface area contributed by atoms with E-state index in [1.165, 1.54) is 26.4 Å². The number of phosphoric acid groups is 1. The van der Waals surface area contributed by atoms with Gasteiger partial charge >= 0.3 is 65.1 Å². The van der Waals surface area contributed by atoms with E-state index in [2.05, 4.69) is 4.52 Å². The van der Waals surface area contributed by atoms with Gasteiger partial charge in [0.05, 0.1) is 39.5 Å². The number of carbonyl (C=O) groups is 1. The molecule has 0 unspecified atom stereocenters. The molecule has 0 saturated carbocycles. The largest absolute Gasteiger partial charge is 1.00 e. The van der Waals surface area contributed by atoms with Crippen LogP contribution in [0.5, 0.6) is 28.7 Å². The van der Waals surface area contributed by atoms with Crippen LogP contribution in [0, 0.1) is 11.8 Å². The molecule has 2 N–H and O–H groups in total. The fourth-order valence-electron chi connectivity index (χ4n) is 6.92. The molecule has 48 heavy (non-hydrogen) atoms. The molecule has 19 heteroatoms. The van der Waals surface area contributed by atoms with Gasteiger partial charge in [0.25, 0.3) is 0 Å². The summed E-state index contributed by atoms with van der Waals surface area (Å²) < 4.78 is 67.5. The summed E-state index contributed by atoms with van der Waals surface area (Å²) in [6.45, 7) is 1.68. The third-order valence-electron chi connectivity index (χ3n) is 8.93. The standard InChI is InChI=1S/C29H33O16P.2Na/c1-11-38-9-20-27(42-11)23(30)24(31)29(43-20)44-25-14-7-17-16(40-10-41-17)6-13(14)21(22-15(25)8-39-28(22)32)12-4-18(36-2)26(19(5-12)37-3)45-46(33,34)35;;/h4-7,11,15,20-25,27,29-31H,8-10H2,1-3H3,(H2,33,34,35);;/q;2*+1/p-2/t11-,15+,20+,21+,22+,23-,24+,25-,27-,29+;;/m1../s1. The van der Waals surface area contributed by atoms with Crippen molar-refractivity contribution in [2.75, 3.05) is 34.2 Å². The maximum atomic E-state index is 13.5. The second-order valence-electron chi connectivity index (χ2n) is 11.5. The second kappa shape index (κ2) is 14.8. The Hall–Kier alpha value is -1.18. The van der Waals surface area contributed by atoms with Crippen LogP contribution in [0.3, 0.4) is 0 Å². The quantitative estimate of drug-likeness (QED) is 0.155. The monoisotopic (exact) mass is 712 g/mol. The van der Waals surface area contributed by atoms with Crippen molar-refractivity contribution in [1.29, 1.82) is 0 Å². The number of methoxy groups -OCH3 is 2. The Bertz CT molecular complexity index is 1540. The first-order valence-corrected chi connectivity index (χ1v) is 15.9. The van der Waals surface area contributed by atoms with Crippen LogP contribution in [0.25, 0.3) is 0 Å². The van der Waals surface area contributed by atoms with Crippen molar-refractivity contribution in [2.24, 2.45) is 11.8 Å². The van der Waals surface area contributed by atoms with E-state index >= 15 is 0 Å². The van der Waals surface area contributed by atoms with Gasteiger partial charge in [-0.3, -0.25) is 4.79 Å². The molecule has 0 spiro atoms. The van der Waals surface area contributed by atoms with E-state index in [0.29, 0.717) is 28.2 Å². The van der Waals surface area contributed by atoms with Crippen molar-refractivity contribution in [3.05, 3.63) is 41.0 Å². The van der Waals surface area contributed by atoms with Crippen LogP contribution in [0.4, 0.5) is 0 Å². The Morgan fingerprint density at radius 1 is 0.896 bits per heavy atom. The third kappa shape index (κ3) is 6.88. The summed E-state index contributed by atoms with van der Waals surface area (Å²) in [5, 5.41) is 22.0. The van der Waals surface area contributed by atoms with Crippen LogP contribution in [-0.4, -0.2) is 87.4 Å². The maximum Gasteiger partial charge on any atom is 1.00 e. The molecule has 10 atom stereocenters. The SMILES string of the molecule is COc1cc([C@H]2c3cc4c(cc3[C@@H](O[C@@H]3O[C@H]5CO[C@@H](C)O[C@H]5[C@H](O)[C@@H]3O)[C@H]3COC(=O)[C@H]23)OCO4)cc(OC)c1OP(=O)([O-])[O-].[Na+].[Na+]. The molecule has 3 saturated heterocycles. The molecule has 250 valence electrons. The summed E-state index contributed by atoms with van der Waals surface area (Å²) in [5.41, 5.74) is 1.57. The number of benzene rings is 2. The first-order chi connectivity index (χ1) is 22.0. The molecule has 1 aliphatic carbocycles. The summed E-state index contributed by atoms with van der Waals surface area (Å²) in [5.74, 6) is -2.66. The van der Waals surface area contributed by atoms with E-state index in [-0.39, 0.29) is 90.6 Å². The molecule has 0 bridgehead atoms. The molecule has 3 fully saturated rings. The number of esters is 1. The molecule has 0 aromatic heterocycles. The van der Waals surface area contributed by atoms with Crippen LogP contribution < -0.4 is 92.4 Å². The van der Waals surface area contributed by atoms with Gasteiger partial charge in [0.2, 0.25) is 12.5 Å². The van der Waals surface area contributed by atoms with Crippen molar-refractivity contribution in [1.82, 2.24) is 0 Å². The van der Waals surface area contributed by atoms with Gasteiger partial charge in [0.1, 0.15) is 32.2 Å². The zero-order valence-corrected chi connectivity index (χ0v) is 31.7. The number of fused-ring (bicyclic) bond motifs is 4. The fourth-order valence-corrected chi connectivity index (χ4v) is 7.33. The second-order valence-corrected chi connectivity index (χ2v) is 12.6. The van der Waals surface area contributed by atoms with Crippen molar-refractivity contribution in [3.63, 3.8) is 0 Å². The number of ether oxygens (including phenoxy) is 9.